The molecule has 3 N–H and O–H groups in total. The van der Waals surface area contributed by atoms with Gasteiger partial charge < -0.3 is 19.8 Å². The number of amides is 1. The summed E-state index contributed by atoms with van der Waals surface area (Å²) in [6, 6.07) is 5.69. The van der Waals surface area contributed by atoms with Gasteiger partial charge in [-0.05, 0) is 31.9 Å². The van der Waals surface area contributed by atoms with Crippen LogP contribution in [0.4, 0.5) is 5.69 Å². The SMILES string of the molecule is CCO[C@H]1C[C@H](n2cc(NC(=O)c3csc(-c4cnn(COP(=O)(O)O)c4)n3)c(-c3ccccn3)n2)C1. The molecule has 0 bridgehead atoms. The lowest BCUT2D eigenvalue weighted by Crippen LogP contribution is -2.33. The van der Waals surface area contributed by atoms with Gasteiger partial charge in [0.1, 0.15) is 16.4 Å². The number of carbonyl (C=O) groups excluding carboxylic acids is 1. The maximum absolute atomic E-state index is 13.1. The van der Waals surface area contributed by atoms with Crippen LogP contribution in [-0.4, -0.2) is 57.9 Å². The van der Waals surface area contributed by atoms with Crippen LogP contribution >= 0.6 is 19.2 Å². The van der Waals surface area contributed by atoms with Crippen molar-refractivity contribution in [3.05, 3.63) is 54.1 Å². The molecule has 1 aliphatic rings. The van der Waals surface area contributed by atoms with E-state index in [0.29, 0.717) is 34.3 Å². The molecule has 0 unspecified atom stereocenters. The number of hydrogen-bond acceptors (Lipinski definition) is 9. The molecule has 1 fully saturated rings. The minimum atomic E-state index is -4.62. The van der Waals surface area contributed by atoms with Crippen molar-refractivity contribution in [2.75, 3.05) is 11.9 Å². The summed E-state index contributed by atoms with van der Waals surface area (Å²) < 4.78 is 24.1. The molecule has 37 heavy (non-hydrogen) atoms. The highest BCUT2D eigenvalue weighted by atomic mass is 32.1. The summed E-state index contributed by atoms with van der Waals surface area (Å²) >= 11 is 1.24. The van der Waals surface area contributed by atoms with Gasteiger partial charge >= 0.3 is 7.82 Å². The van der Waals surface area contributed by atoms with Crippen LogP contribution in [0, 0.1) is 0 Å². The molecule has 13 nitrogen and oxygen atoms in total. The Bertz CT molecular complexity index is 1430. The van der Waals surface area contributed by atoms with E-state index >= 15 is 0 Å². The van der Waals surface area contributed by atoms with E-state index in [9.17, 15) is 9.36 Å². The van der Waals surface area contributed by atoms with Crippen LogP contribution in [0.2, 0.25) is 0 Å². The Hall–Kier alpha value is -3.26. The zero-order valence-corrected chi connectivity index (χ0v) is 21.4. The van der Waals surface area contributed by atoms with Gasteiger partial charge in [0, 0.05) is 36.1 Å². The normalized spacial score (nSPS) is 17.5. The van der Waals surface area contributed by atoms with Crippen molar-refractivity contribution in [3.8, 4) is 22.0 Å². The molecular formula is C22H24N7O6PS. The van der Waals surface area contributed by atoms with E-state index in [4.69, 9.17) is 19.6 Å². The molecule has 1 amide bonds. The lowest BCUT2D eigenvalue weighted by Gasteiger charge is -2.34. The topological polar surface area (TPSA) is 167 Å². The minimum absolute atomic E-state index is 0.182. The van der Waals surface area contributed by atoms with Crippen LogP contribution in [0.25, 0.3) is 22.0 Å². The van der Waals surface area contributed by atoms with Gasteiger partial charge in [-0.1, -0.05) is 6.07 Å². The maximum Gasteiger partial charge on any atom is 0.471 e. The monoisotopic (exact) mass is 545 g/mol. The number of phosphoric ester groups is 1. The number of carbonyl (C=O) groups is 1. The molecule has 4 heterocycles. The lowest BCUT2D eigenvalue weighted by atomic mass is 9.89. The highest BCUT2D eigenvalue weighted by molar-refractivity contribution is 7.46. The summed E-state index contributed by atoms with van der Waals surface area (Å²) in [5.41, 5.74) is 2.52. The van der Waals surface area contributed by atoms with Crippen molar-refractivity contribution in [1.82, 2.24) is 29.5 Å². The zero-order valence-electron chi connectivity index (χ0n) is 19.7. The molecular weight excluding hydrogens is 521 g/mol. The second-order valence-corrected chi connectivity index (χ2v) is 10.4. The number of nitrogens with one attached hydrogen (secondary N) is 1. The van der Waals surface area contributed by atoms with Gasteiger partial charge in [0.05, 0.1) is 29.7 Å². The second kappa shape index (κ2) is 10.6. The molecule has 0 atom stereocenters. The first-order chi connectivity index (χ1) is 17.8. The molecule has 194 valence electrons. The quantitative estimate of drug-likeness (QED) is 0.252. The number of hydrogen-bond donors (Lipinski definition) is 3. The first-order valence-corrected chi connectivity index (χ1v) is 13.8. The first kappa shape index (κ1) is 25.4. The smallest absolute Gasteiger partial charge is 0.378 e. The van der Waals surface area contributed by atoms with E-state index in [1.54, 1.807) is 11.6 Å². The van der Waals surface area contributed by atoms with Crippen LogP contribution in [0.5, 0.6) is 0 Å². The third kappa shape index (κ3) is 6.01. The van der Waals surface area contributed by atoms with E-state index in [1.807, 2.05) is 36.0 Å². The van der Waals surface area contributed by atoms with Gasteiger partial charge in [-0.3, -0.25) is 19.0 Å². The molecule has 1 saturated carbocycles. The Morgan fingerprint density at radius 3 is 2.86 bits per heavy atom. The number of rotatable bonds is 10. The predicted molar refractivity (Wildman–Crippen MR) is 134 cm³/mol. The fourth-order valence-corrected chi connectivity index (χ4v) is 4.91. The van der Waals surface area contributed by atoms with Crippen LogP contribution < -0.4 is 5.32 Å². The standard InChI is InChI=1S/C22H24N7O6PS/c1-2-34-16-7-15(8-16)29-11-18(20(27-29)17-5-3-4-6-23-17)25-21(30)19-12-37-22(26-19)14-9-24-28(10-14)13-35-36(31,32)33/h3-6,9-12,15-16H,2,7-8,13H2,1H3,(H,25,30)(H2,31,32,33)/t15-,16-. The number of aromatic nitrogens is 6. The summed E-state index contributed by atoms with van der Waals surface area (Å²) in [5.74, 6) is -0.405. The van der Waals surface area contributed by atoms with Gasteiger partial charge in [0.25, 0.3) is 5.91 Å². The molecule has 0 aromatic carbocycles. The van der Waals surface area contributed by atoms with Crippen molar-refractivity contribution >= 4 is 30.8 Å². The van der Waals surface area contributed by atoms with E-state index in [0.717, 1.165) is 12.8 Å². The maximum atomic E-state index is 13.1. The number of phosphoric acid groups is 1. The molecule has 0 spiro atoms. The van der Waals surface area contributed by atoms with E-state index in [-0.39, 0.29) is 17.8 Å². The number of thiazole rings is 1. The second-order valence-electron chi connectivity index (χ2n) is 8.30. The summed E-state index contributed by atoms with van der Waals surface area (Å²) in [4.78, 5) is 39.6. The summed E-state index contributed by atoms with van der Waals surface area (Å²) in [6.45, 7) is 2.23. The van der Waals surface area contributed by atoms with E-state index in [1.165, 1.54) is 28.4 Å². The van der Waals surface area contributed by atoms with Gasteiger partial charge in [0.2, 0.25) is 0 Å². The molecule has 5 rings (SSSR count). The molecule has 4 aromatic heterocycles. The van der Waals surface area contributed by atoms with Crippen LogP contribution in [0.3, 0.4) is 0 Å². The summed E-state index contributed by atoms with van der Waals surface area (Å²) in [5, 5.41) is 13.8. The number of anilines is 1. The number of ether oxygens (including phenoxy) is 1. The molecule has 4 aromatic rings. The molecule has 0 saturated heterocycles. The fourth-order valence-electron chi connectivity index (χ4n) is 3.86. The van der Waals surface area contributed by atoms with Crippen molar-refractivity contribution < 1.29 is 28.4 Å². The average Bonchev–Trinajstić information content (AvgIpc) is 3.59. The Morgan fingerprint density at radius 1 is 1.30 bits per heavy atom. The Morgan fingerprint density at radius 2 is 2.14 bits per heavy atom. The number of pyridine rings is 1. The van der Waals surface area contributed by atoms with Gasteiger partial charge in [-0.15, -0.1) is 11.3 Å². The first-order valence-electron chi connectivity index (χ1n) is 11.4. The fraction of sp³-hybridized carbons (Fsp3) is 0.318. The summed E-state index contributed by atoms with van der Waals surface area (Å²) in [6.07, 6.45) is 8.41. The highest BCUT2D eigenvalue weighted by Crippen LogP contribution is 2.37. The third-order valence-electron chi connectivity index (χ3n) is 5.71. The third-order valence-corrected chi connectivity index (χ3v) is 7.05. The Labute approximate surface area is 215 Å². The largest absolute Gasteiger partial charge is 0.471 e. The zero-order chi connectivity index (χ0) is 26.0. The summed E-state index contributed by atoms with van der Waals surface area (Å²) in [7, 11) is -4.62. The van der Waals surface area contributed by atoms with Gasteiger partial charge in [-0.2, -0.15) is 10.2 Å². The van der Waals surface area contributed by atoms with Crippen molar-refractivity contribution in [2.45, 2.75) is 38.6 Å². The van der Waals surface area contributed by atoms with Gasteiger partial charge in [-0.25, -0.2) is 14.2 Å². The van der Waals surface area contributed by atoms with Crippen molar-refractivity contribution in [2.24, 2.45) is 0 Å². The van der Waals surface area contributed by atoms with Crippen molar-refractivity contribution in [3.63, 3.8) is 0 Å². The minimum Gasteiger partial charge on any atom is -0.378 e. The van der Waals surface area contributed by atoms with Gasteiger partial charge in [0.15, 0.2) is 6.73 Å². The Kier molecular flexibility index (Phi) is 7.29. The molecule has 0 radical (unpaired) electrons. The molecule has 1 aliphatic carbocycles. The van der Waals surface area contributed by atoms with Crippen molar-refractivity contribution in [1.29, 1.82) is 0 Å². The lowest BCUT2D eigenvalue weighted by molar-refractivity contribution is -0.0226. The average molecular weight is 546 g/mol. The van der Waals surface area contributed by atoms with Crippen LogP contribution in [0.15, 0.2) is 48.4 Å². The molecule has 0 aliphatic heterocycles. The highest BCUT2D eigenvalue weighted by Gasteiger charge is 2.32. The number of nitrogens with zero attached hydrogens (tertiary/aromatic N) is 6. The van der Waals surface area contributed by atoms with Crippen LogP contribution in [0.1, 0.15) is 36.3 Å². The predicted octanol–water partition coefficient (Wildman–Crippen LogP) is 3.32. The Balaban J connectivity index is 1.32. The molecule has 15 heteroatoms. The van der Waals surface area contributed by atoms with E-state index in [2.05, 4.69) is 24.9 Å². The van der Waals surface area contributed by atoms with E-state index < -0.39 is 20.5 Å². The van der Waals surface area contributed by atoms with Crippen LogP contribution in [-0.2, 0) is 20.6 Å².